The Kier molecular flexibility index (Phi) is 9.57. The number of nitrogens with zero attached hydrogens (tertiary/aromatic N) is 3. The zero-order valence-electron chi connectivity index (χ0n) is 20.5. The summed E-state index contributed by atoms with van der Waals surface area (Å²) in [5.74, 6) is -0.570. The third kappa shape index (κ3) is 7.24. The predicted octanol–water partition coefficient (Wildman–Crippen LogP) is 4.71. The smallest absolute Gasteiger partial charge is 0.293 e. The number of nitro benzene ring substituents is 1. The number of hydrogen-bond donors (Lipinski definition) is 2. The Hall–Kier alpha value is -3.49. The Morgan fingerprint density at radius 3 is 2.77 bits per heavy atom. The summed E-state index contributed by atoms with van der Waals surface area (Å²) in [4.78, 5) is 43.0. The van der Waals surface area contributed by atoms with Gasteiger partial charge in [0.2, 0.25) is 5.91 Å². The molecule has 2 heterocycles. The summed E-state index contributed by atoms with van der Waals surface area (Å²) in [6, 6.07) is 9.73. The van der Waals surface area contributed by atoms with Gasteiger partial charge in [-0.2, -0.15) is 0 Å². The number of carbonyl (C=O) groups is 2. The number of benzene rings is 1. The summed E-state index contributed by atoms with van der Waals surface area (Å²) < 4.78 is 0. The summed E-state index contributed by atoms with van der Waals surface area (Å²) in [6.07, 6.45) is 7.48. The maximum absolute atomic E-state index is 13.2. The van der Waals surface area contributed by atoms with Crippen molar-refractivity contribution in [2.24, 2.45) is 5.92 Å². The van der Waals surface area contributed by atoms with Crippen LogP contribution in [0.15, 0.2) is 42.6 Å². The van der Waals surface area contributed by atoms with E-state index in [0.717, 1.165) is 44.2 Å². The molecule has 1 fully saturated rings. The minimum atomic E-state index is -0.491. The van der Waals surface area contributed by atoms with Crippen LogP contribution in [-0.4, -0.2) is 46.3 Å². The van der Waals surface area contributed by atoms with Crippen LogP contribution in [0, 0.1) is 16.0 Å². The zero-order chi connectivity index (χ0) is 25.2. The first-order valence-corrected chi connectivity index (χ1v) is 12.4. The van der Waals surface area contributed by atoms with Crippen LogP contribution in [-0.2, 0) is 4.79 Å². The third-order valence-electron chi connectivity index (χ3n) is 6.35. The number of aromatic nitrogens is 1. The van der Waals surface area contributed by atoms with Gasteiger partial charge >= 0.3 is 0 Å². The maximum Gasteiger partial charge on any atom is 0.293 e. The highest BCUT2D eigenvalue weighted by Gasteiger charge is 2.30. The van der Waals surface area contributed by atoms with E-state index in [2.05, 4.69) is 22.5 Å². The lowest BCUT2D eigenvalue weighted by Gasteiger charge is -2.32. The van der Waals surface area contributed by atoms with Crippen LogP contribution in [0.25, 0.3) is 0 Å². The van der Waals surface area contributed by atoms with E-state index in [9.17, 15) is 19.7 Å². The van der Waals surface area contributed by atoms with Gasteiger partial charge in [0.1, 0.15) is 5.69 Å². The average molecular weight is 482 g/mol. The molecule has 9 heteroatoms. The van der Waals surface area contributed by atoms with Gasteiger partial charge in [0, 0.05) is 37.5 Å². The first-order valence-electron chi connectivity index (χ1n) is 12.4. The molecule has 2 amide bonds. The van der Waals surface area contributed by atoms with Gasteiger partial charge in [-0.05, 0) is 50.5 Å². The lowest BCUT2D eigenvalue weighted by molar-refractivity contribution is -0.384. The minimum Gasteiger partial charge on any atom is -0.371 e. The van der Waals surface area contributed by atoms with E-state index in [4.69, 9.17) is 0 Å². The summed E-state index contributed by atoms with van der Waals surface area (Å²) >= 11 is 0. The fourth-order valence-electron chi connectivity index (χ4n) is 4.34. The monoisotopic (exact) mass is 481 g/mol. The molecule has 0 saturated carbocycles. The van der Waals surface area contributed by atoms with Crippen LogP contribution >= 0.6 is 0 Å². The van der Waals surface area contributed by atoms with Crippen LogP contribution in [0.4, 0.5) is 11.4 Å². The van der Waals surface area contributed by atoms with E-state index < -0.39 is 4.92 Å². The fraction of sp³-hybridized carbons (Fsp3) is 0.500. The molecule has 3 rings (SSSR count). The van der Waals surface area contributed by atoms with Crippen LogP contribution < -0.4 is 10.6 Å². The molecule has 2 atom stereocenters. The second-order valence-electron chi connectivity index (χ2n) is 9.05. The molecule has 1 aromatic carbocycles. The van der Waals surface area contributed by atoms with Gasteiger partial charge in [-0.3, -0.25) is 24.7 Å². The number of nitro groups is 1. The van der Waals surface area contributed by atoms with E-state index in [1.165, 1.54) is 6.07 Å². The molecule has 9 nitrogen and oxygen atoms in total. The van der Waals surface area contributed by atoms with Crippen LogP contribution in [0.2, 0.25) is 0 Å². The number of anilines is 1. The number of hydrogen-bond acceptors (Lipinski definition) is 6. The van der Waals surface area contributed by atoms with Gasteiger partial charge in [-0.1, -0.05) is 32.3 Å². The second kappa shape index (κ2) is 12.8. The number of amides is 2. The normalized spacial score (nSPS) is 16.4. The predicted molar refractivity (Wildman–Crippen MR) is 135 cm³/mol. The third-order valence-corrected chi connectivity index (χ3v) is 6.35. The highest BCUT2D eigenvalue weighted by molar-refractivity contribution is 5.96. The molecule has 2 aromatic rings. The van der Waals surface area contributed by atoms with Crippen LogP contribution in [0.5, 0.6) is 0 Å². The first kappa shape index (κ1) is 26.1. The highest BCUT2D eigenvalue weighted by Crippen LogP contribution is 2.30. The Morgan fingerprint density at radius 1 is 1.23 bits per heavy atom. The quantitative estimate of drug-likeness (QED) is 0.273. The van der Waals surface area contributed by atoms with Gasteiger partial charge in [-0.25, -0.2) is 0 Å². The number of nitrogens with one attached hydrogen (secondary N) is 2. The van der Waals surface area contributed by atoms with Crippen molar-refractivity contribution in [3.05, 3.63) is 64.0 Å². The zero-order valence-corrected chi connectivity index (χ0v) is 20.5. The molecule has 0 aliphatic carbocycles. The Labute approximate surface area is 206 Å². The molecule has 188 valence electrons. The summed E-state index contributed by atoms with van der Waals surface area (Å²) in [7, 11) is 0. The highest BCUT2D eigenvalue weighted by atomic mass is 16.6. The molecule has 1 aromatic heterocycles. The van der Waals surface area contributed by atoms with Gasteiger partial charge < -0.3 is 15.5 Å². The maximum atomic E-state index is 13.2. The molecule has 1 aliphatic rings. The van der Waals surface area contributed by atoms with E-state index >= 15 is 0 Å². The van der Waals surface area contributed by atoms with Crippen molar-refractivity contribution in [2.45, 2.75) is 58.4 Å². The van der Waals surface area contributed by atoms with Crippen molar-refractivity contribution in [3.63, 3.8) is 0 Å². The number of rotatable bonds is 11. The molecule has 0 bridgehead atoms. The van der Waals surface area contributed by atoms with Gasteiger partial charge in [0.05, 0.1) is 22.6 Å². The Bertz CT molecular complexity index is 1010. The van der Waals surface area contributed by atoms with Crippen molar-refractivity contribution in [1.29, 1.82) is 0 Å². The molecule has 35 heavy (non-hydrogen) atoms. The van der Waals surface area contributed by atoms with Crippen molar-refractivity contribution < 1.29 is 14.5 Å². The van der Waals surface area contributed by atoms with Crippen molar-refractivity contribution in [3.8, 4) is 0 Å². The van der Waals surface area contributed by atoms with Gasteiger partial charge in [0.15, 0.2) is 0 Å². The number of carbonyl (C=O) groups excluding carboxylic acids is 2. The van der Waals surface area contributed by atoms with E-state index in [1.54, 1.807) is 23.2 Å². The molecule has 1 saturated heterocycles. The minimum absolute atomic E-state index is 0.0203. The van der Waals surface area contributed by atoms with Crippen LogP contribution in [0.3, 0.4) is 0 Å². The topological polar surface area (TPSA) is 117 Å². The molecule has 2 N–H and O–H groups in total. The SMILES string of the molecule is CCCCCCNC(=O)C1CCCN(C(=O)c2ccc(NC(C)c3ccccn3)c([N+](=O)[O-])c2)C1. The summed E-state index contributed by atoms with van der Waals surface area (Å²) in [5, 5.41) is 17.9. The first-order chi connectivity index (χ1) is 16.9. The van der Waals surface area contributed by atoms with Gasteiger partial charge in [-0.15, -0.1) is 0 Å². The Morgan fingerprint density at radius 2 is 2.06 bits per heavy atom. The largest absolute Gasteiger partial charge is 0.371 e. The van der Waals surface area contributed by atoms with E-state index in [1.807, 2.05) is 25.1 Å². The number of unbranched alkanes of at least 4 members (excludes halogenated alkanes) is 3. The average Bonchev–Trinajstić information content (AvgIpc) is 2.88. The Balaban J connectivity index is 1.65. The standard InChI is InChI=1S/C26H35N5O4/c1-3-4-5-7-15-28-25(32)21-10-9-16-30(18-21)26(33)20-12-13-23(24(17-20)31(34)35)29-19(2)22-11-6-8-14-27-22/h6,8,11-14,17,19,21,29H,3-5,7,9-10,15-16,18H2,1-2H3,(H,28,32). The molecule has 0 radical (unpaired) electrons. The number of piperidine rings is 1. The number of likely N-dealkylation sites (tertiary alicyclic amines) is 1. The van der Waals surface area contributed by atoms with Crippen molar-refractivity contribution >= 4 is 23.2 Å². The molecular weight excluding hydrogens is 446 g/mol. The van der Waals surface area contributed by atoms with Gasteiger partial charge in [0.25, 0.3) is 11.6 Å². The van der Waals surface area contributed by atoms with Crippen LogP contribution in [0.1, 0.15) is 74.5 Å². The van der Waals surface area contributed by atoms with Crippen molar-refractivity contribution in [1.82, 2.24) is 15.2 Å². The fourth-order valence-corrected chi connectivity index (χ4v) is 4.34. The van der Waals surface area contributed by atoms with E-state index in [-0.39, 0.29) is 35.0 Å². The van der Waals surface area contributed by atoms with Crippen molar-refractivity contribution in [2.75, 3.05) is 25.0 Å². The molecular formula is C26H35N5O4. The molecule has 1 aliphatic heterocycles. The number of pyridine rings is 1. The lowest BCUT2D eigenvalue weighted by atomic mass is 9.96. The molecule has 0 spiro atoms. The molecule has 2 unspecified atom stereocenters. The lowest BCUT2D eigenvalue weighted by Crippen LogP contribution is -2.45. The second-order valence-corrected chi connectivity index (χ2v) is 9.05. The van der Waals surface area contributed by atoms with E-state index in [0.29, 0.717) is 25.3 Å². The summed E-state index contributed by atoms with van der Waals surface area (Å²) in [6.45, 7) is 5.52. The summed E-state index contributed by atoms with van der Waals surface area (Å²) in [5.41, 5.74) is 1.15.